The molecule has 0 aromatic rings. The van der Waals surface area contributed by atoms with E-state index in [1.807, 2.05) is 0 Å². The van der Waals surface area contributed by atoms with Crippen LogP contribution in [0.25, 0.3) is 0 Å². The van der Waals surface area contributed by atoms with Crippen molar-refractivity contribution in [1.29, 1.82) is 5.26 Å². The van der Waals surface area contributed by atoms with Gasteiger partial charge < -0.3 is 5.73 Å². The third-order valence-corrected chi connectivity index (χ3v) is 1.16. The Hall–Kier alpha value is -1.74. The van der Waals surface area contributed by atoms with Gasteiger partial charge in [0, 0.05) is 0 Å². The van der Waals surface area contributed by atoms with Crippen molar-refractivity contribution >= 4 is 5.91 Å². The molecule has 0 aliphatic carbocycles. The molecule has 0 radical (unpaired) electrons. The van der Waals surface area contributed by atoms with Gasteiger partial charge in [-0.15, -0.1) is 0 Å². The number of hydrogen-bond donors (Lipinski definition) is 1. The monoisotopic (exact) mass is 308 g/mol. The average Bonchev–Trinajstić information content (AvgIpc) is 2.14. The van der Waals surface area contributed by atoms with Gasteiger partial charge in [-0.05, 0) is 0 Å². The van der Waals surface area contributed by atoms with Crippen LogP contribution in [0.4, 0.5) is 43.9 Å². The number of primary amides is 1. The van der Waals surface area contributed by atoms with E-state index in [1.165, 1.54) is 0 Å². The first-order valence-corrected chi connectivity index (χ1v) is 3.61. The summed E-state index contributed by atoms with van der Waals surface area (Å²) in [4.78, 5) is 9.42. The Kier molecular flexibility index (Phi) is 5.66. The van der Waals surface area contributed by atoms with Gasteiger partial charge in [-0.1, -0.05) is 0 Å². The molecule has 0 saturated heterocycles. The van der Waals surface area contributed by atoms with Crippen LogP contribution in [-0.2, 0) is 4.79 Å². The summed E-state index contributed by atoms with van der Waals surface area (Å²) in [7, 11) is 0. The molecular formula is C6H2F10N2O. The van der Waals surface area contributed by atoms with E-state index in [1.54, 1.807) is 0 Å². The highest BCUT2D eigenvalue weighted by Crippen LogP contribution is 2.35. The standard InChI is InChI=1S/C3H2F5NO.C3F5N/c4-2(5,1(9)10)3(6,7)8;4-2(5,1-9)3(6,7)8/h(H2,9,10);. The molecule has 3 nitrogen and oxygen atoms in total. The van der Waals surface area contributed by atoms with Gasteiger partial charge in [0.2, 0.25) is 0 Å². The Balaban J connectivity index is 0. The largest absolute Gasteiger partial charge is 0.468 e. The van der Waals surface area contributed by atoms with Crippen molar-refractivity contribution in [3.63, 3.8) is 0 Å². The molecule has 0 fully saturated rings. The minimum atomic E-state index is -5.89. The average molecular weight is 308 g/mol. The Labute approximate surface area is 97.1 Å². The highest BCUT2D eigenvalue weighted by Gasteiger charge is 2.62. The maximum atomic E-state index is 11.5. The summed E-state index contributed by atoms with van der Waals surface area (Å²) in [5.74, 6) is -13.3. The van der Waals surface area contributed by atoms with Crippen LogP contribution in [0.5, 0.6) is 0 Å². The molecule has 0 spiro atoms. The molecule has 13 heteroatoms. The Morgan fingerprint density at radius 2 is 1.16 bits per heavy atom. The van der Waals surface area contributed by atoms with Gasteiger partial charge in [0.15, 0.2) is 0 Å². The molecule has 0 rings (SSSR count). The number of nitrogens with zero attached hydrogens (tertiary/aromatic N) is 1. The summed E-state index contributed by atoms with van der Waals surface area (Å²) in [5.41, 5.74) is 3.75. The topological polar surface area (TPSA) is 66.9 Å². The van der Waals surface area contributed by atoms with Gasteiger partial charge in [-0.25, -0.2) is 0 Å². The molecule has 112 valence electrons. The number of carbonyl (C=O) groups is 1. The summed E-state index contributed by atoms with van der Waals surface area (Å²) in [6.07, 6.45) is -11.6. The van der Waals surface area contributed by atoms with Gasteiger partial charge in [-0.3, -0.25) is 4.79 Å². The van der Waals surface area contributed by atoms with Crippen LogP contribution in [-0.4, -0.2) is 30.1 Å². The third kappa shape index (κ3) is 5.18. The minimum Gasteiger partial charge on any atom is -0.364 e. The van der Waals surface area contributed by atoms with Gasteiger partial charge >= 0.3 is 24.2 Å². The number of carbonyl (C=O) groups excluding carboxylic acids is 1. The number of amides is 1. The lowest BCUT2D eigenvalue weighted by Gasteiger charge is -2.14. The summed E-state index contributed by atoms with van der Waals surface area (Å²) in [6.45, 7) is 0. The Morgan fingerprint density at radius 1 is 0.842 bits per heavy atom. The number of nitrogens with two attached hydrogens (primary N) is 1. The number of nitriles is 1. The first-order chi connectivity index (χ1) is 8.00. The minimum absolute atomic E-state index is 0.177. The zero-order valence-corrected chi connectivity index (χ0v) is 8.21. The van der Waals surface area contributed by atoms with Crippen molar-refractivity contribution in [3.8, 4) is 6.07 Å². The molecule has 0 aliphatic heterocycles. The van der Waals surface area contributed by atoms with E-state index in [-0.39, 0.29) is 6.07 Å². The predicted molar refractivity (Wildman–Crippen MR) is 36.8 cm³/mol. The van der Waals surface area contributed by atoms with Gasteiger partial charge in [0.25, 0.3) is 5.91 Å². The summed E-state index contributed by atoms with van der Waals surface area (Å²) in [5, 5.41) is 7.21. The Morgan fingerprint density at radius 3 is 1.16 bits per heavy atom. The van der Waals surface area contributed by atoms with Crippen LogP contribution in [0.2, 0.25) is 0 Å². The molecule has 0 heterocycles. The van der Waals surface area contributed by atoms with Crippen molar-refractivity contribution in [1.82, 2.24) is 0 Å². The van der Waals surface area contributed by atoms with E-state index in [0.29, 0.717) is 0 Å². The molecule has 1 amide bonds. The zero-order valence-electron chi connectivity index (χ0n) is 8.21. The van der Waals surface area contributed by atoms with E-state index in [4.69, 9.17) is 5.26 Å². The second-order valence-corrected chi connectivity index (χ2v) is 2.62. The second kappa shape index (κ2) is 5.49. The number of alkyl halides is 10. The van der Waals surface area contributed by atoms with E-state index >= 15 is 0 Å². The molecule has 0 aromatic carbocycles. The summed E-state index contributed by atoms with van der Waals surface area (Å²) in [6, 6.07) is -0.177. The molecule has 0 aromatic heterocycles. The number of hydrogen-bond acceptors (Lipinski definition) is 2. The number of rotatable bonds is 1. The lowest BCUT2D eigenvalue weighted by molar-refractivity contribution is -0.268. The van der Waals surface area contributed by atoms with Crippen LogP contribution in [0.1, 0.15) is 0 Å². The quantitative estimate of drug-likeness (QED) is 0.756. The molecule has 0 unspecified atom stereocenters. The van der Waals surface area contributed by atoms with Crippen LogP contribution in [0, 0.1) is 11.3 Å². The van der Waals surface area contributed by atoms with E-state index < -0.39 is 30.1 Å². The van der Waals surface area contributed by atoms with E-state index in [9.17, 15) is 48.7 Å². The highest BCUT2D eigenvalue weighted by atomic mass is 19.4. The van der Waals surface area contributed by atoms with Gasteiger partial charge in [0.1, 0.15) is 6.07 Å². The normalized spacial score (nSPS) is 13.1. The SMILES string of the molecule is N#CC(F)(F)C(F)(F)F.NC(=O)C(F)(F)C(F)(F)F. The van der Waals surface area contributed by atoms with Crippen LogP contribution in [0.3, 0.4) is 0 Å². The zero-order chi connectivity index (χ0) is 16.3. The third-order valence-electron chi connectivity index (χ3n) is 1.16. The van der Waals surface area contributed by atoms with E-state index in [2.05, 4.69) is 5.73 Å². The summed E-state index contributed by atoms with van der Waals surface area (Å²) >= 11 is 0. The van der Waals surface area contributed by atoms with Crippen LogP contribution < -0.4 is 5.73 Å². The molecule has 0 atom stereocenters. The predicted octanol–water partition coefficient (Wildman–Crippen LogP) is 2.38. The first-order valence-electron chi connectivity index (χ1n) is 3.61. The molecule has 2 N–H and O–H groups in total. The fraction of sp³-hybridized carbons (Fsp3) is 0.667. The molecule has 0 bridgehead atoms. The lowest BCUT2D eigenvalue weighted by Crippen LogP contribution is -2.47. The van der Waals surface area contributed by atoms with Crippen LogP contribution in [0.15, 0.2) is 0 Å². The lowest BCUT2D eigenvalue weighted by atomic mass is 10.3. The highest BCUT2D eigenvalue weighted by molar-refractivity contribution is 5.82. The molecule has 0 aliphatic rings. The first kappa shape index (κ1) is 19.6. The maximum absolute atomic E-state index is 11.5. The number of halogens is 10. The fourth-order valence-corrected chi connectivity index (χ4v) is 0.203. The smallest absolute Gasteiger partial charge is 0.364 e. The van der Waals surface area contributed by atoms with Crippen molar-refractivity contribution in [3.05, 3.63) is 0 Å². The van der Waals surface area contributed by atoms with Crippen LogP contribution >= 0.6 is 0 Å². The molecular weight excluding hydrogens is 306 g/mol. The summed E-state index contributed by atoms with van der Waals surface area (Å²) < 4.78 is 111. The maximum Gasteiger partial charge on any atom is 0.468 e. The fourth-order valence-electron chi connectivity index (χ4n) is 0.203. The van der Waals surface area contributed by atoms with Crippen molar-refractivity contribution < 1.29 is 48.7 Å². The molecule has 19 heavy (non-hydrogen) atoms. The molecule has 0 saturated carbocycles. The van der Waals surface area contributed by atoms with Gasteiger partial charge in [-0.2, -0.15) is 49.2 Å². The van der Waals surface area contributed by atoms with Crippen molar-refractivity contribution in [2.45, 2.75) is 24.2 Å². The van der Waals surface area contributed by atoms with Crippen molar-refractivity contribution in [2.24, 2.45) is 5.73 Å². The van der Waals surface area contributed by atoms with E-state index in [0.717, 1.165) is 0 Å². The van der Waals surface area contributed by atoms with Crippen molar-refractivity contribution in [2.75, 3.05) is 0 Å². The second-order valence-electron chi connectivity index (χ2n) is 2.62. The van der Waals surface area contributed by atoms with Gasteiger partial charge in [0.05, 0.1) is 0 Å². The Bertz CT molecular complexity index is 362.